The van der Waals surface area contributed by atoms with Crippen LogP contribution in [0.4, 0.5) is 17.5 Å². The quantitative estimate of drug-likeness (QED) is 0.594. The summed E-state index contributed by atoms with van der Waals surface area (Å²) in [6.45, 7) is 9.44. The Morgan fingerprint density at radius 3 is 2.69 bits per heavy atom. The van der Waals surface area contributed by atoms with Crippen molar-refractivity contribution in [2.45, 2.75) is 6.92 Å². The number of hydrogen-bond acceptors (Lipinski definition) is 8. The summed E-state index contributed by atoms with van der Waals surface area (Å²) in [6, 6.07) is 7.69. The summed E-state index contributed by atoms with van der Waals surface area (Å²) in [7, 11) is 3.75. The third-order valence-corrected chi connectivity index (χ3v) is 4.71. The predicted molar refractivity (Wildman–Crippen MR) is 114 cm³/mol. The molecule has 1 N–H and O–H groups in total. The highest BCUT2D eigenvalue weighted by atomic mass is 16.5. The normalized spacial score (nSPS) is 15.0. The van der Waals surface area contributed by atoms with Crippen LogP contribution in [0.25, 0.3) is 5.57 Å². The lowest BCUT2D eigenvalue weighted by molar-refractivity contribution is 0.310. The number of nitriles is 1. The van der Waals surface area contributed by atoms with Crippen molar-refractivity contribution in [1.29, 1.82) is 5.26 Å². The molecule has 0 radical (unpaired) electrons. The molecular formula is C21H25N7O. The number of nitrogens with zero attached hydrogens (tertiary/aromatic N) is 6. The molecule has 0 bridgehead atoms. The predicted octanol–water partition coefficient (Wildman–Crippen LogP) is 2.86. The fraction of sp³-hybridized carbons (Fsp3) is 0.333. The number of hydrogen-bond donors (Lipinski definition) is 1. The third kappa shape index (κ3) is 5.09. The van der Waals surface area contributed by atoms with Crippen molar-refractivity contribution in [2.24, 2.45) is 0 Å². The van der Waals surface area contributed by atoms with Crippen LogP contribution in [0.1, 0.15) is 12.6 Å². The minimum Gasteiger partial charge on any atom is -0.479 e. The highest BCUT2D eigenvalue weighted by Crippen LogP contribution is 2.29. The summed E-state index contributed by atoms with van der Waals surface area (Å²) < 4.78 is 5.53. The van der Waals surface area contributed by atoms with E-state index in [-0.39, 0.29) is 0 Å². The lowest BCUT2D eigenvalue weighted by Crippen LogP contribution is -2.44. The monoisotopic (exact) mass is 391 g/mol. The number of methoxy groups -OCH3 is 1. The Bertz CT molecular complexity index is 956. The average Bonchev–Trinajstić information content (AvgIpc) is 2.74. The number of nitrogens with one attached hydrogen (secondary N) is 1. The van der Waals surface area contributed by atoms with Crippen LogP contribution in [0.15, 0.2) is 42.6 Å². The van der Waals surface area contributed by atoms with Crippen LogP contribution in [0.5, 0.6) is 5.88 Å². The molecule has 3 rings (SSSR count). The van der Waals surface area contributed by atoms with Gasteiger partial charge in [-0.3, -0.25) is 0 Å². The summed E-state index contributed by atoms with van der Waals surface area (Å²) in [4.78, 5) is 17.9. The molecule has 0 aliphatic carbocycles. The summed E-state index contributed by atoms with van der Waals surface area (Å²) in [6.07, 6.45) is 3.35. The molecule has 0 atom stereocenters. The Hall–Kier alpha value is -3.44. The van der Waals surface area contributed by atoms with Gasteiger partial charge in [-0.05, 0) is 43.8 Å². The van der Waals surface area contributed by atoms with Crippen molar-refractivity contribution >= 4 is 23.0 Å². The third-order valence-electron chi connectivity index (χ3n) is 4.71. The molecule has 8 heteroatoms. The number of allylic oxidation sites excluding steroid dienone is 3. The summed E-state index contributed by atoms with van der Waals surface area (Å²) in [5.74, 6) is 1.58. The van der Waals surface area contributed by atoms with Gasteiger partial charge in [0, 0.05) is 37.9 Å². The molecule has 0 aromatic carbocycles. The van der Waals surface area contributed by atoms with E-state index in [2.05, 4.69) is 43.7 Å². The Balaban J connectivity index is 1.79. The highest BCUT2D eigenvalue weighted by Gasteiger charge is 2.19. The van der Waals surface area contributed by atoms with Crippen molar-refractivity contribution in [3.63, 3.8) is 0 Å². The van der Waals surface area contributed by atoms with Gasteiger partial charge in [0.25, 0.3) is 0 Å². The highest BCUT2D eigenvalue weighted by molar-refractivity contribution is 5.66. The van der Waals surface area contributed by atoms with Gasteiger partial charge in [-0.1, -0.05) is 6.58 Å². The first-order valence-corrected chi connectivity index (χ1v) is 9.36. The van der Waals surface area contributed by atoms with Gasteiger partial charge < -0.3 is 19.9 Å². The maximum atomic E-state index is 8.89. The molecular weight excluding hydrogens is 366 g/mol. The van der Waals surface area contributed by atoms with Gasteiger partial charge in [-0.15, -0.1) is 0 Å². The van der Waals surface area contributed by atoms with Crippen molar-refractivity contribution in [2.75, 3.05) is 50.6 Å². The fourth-order valence-corrected chi connectivity index (χ4v) is 3.06. The second kappa shape index (κ2) is 9.17. The number of likely N-dealkylation sites (N-methyl/N-ethyl adjacent to an activating group) is 1. The Kier molecular flexibility index (Phi) is 6.42. The lowest BCUT2D eigenvalue weighted by atomic mass is 10.1. The zero-order valence-corrected chi connectivity index (χ0v) is 17.0. The molecule has 2 aromatic rings. The maximum Gasteiger partial charge on any atom is 0.239 e. The molecule has 0 spiro atoms. The van der Waals surface area contributed by atoms with E-state index in [0.29, 0.717) is 28.9 Å². The first-order valence-electron chi connectivity index (χ1n) is 9.36. The van der Waals surface area contributed by atoms with Gasteiger partial charge in [-0.2, -0.15) is 10.2 Å². The van der Waals surface area contributed by atoms with E-state index in [9.17, 15) is 0 Å². The first kappa shape index (κ1) is 20.3. The van der Waals surface area contributed by atoms with E-state index in [1.165, 1.54) is 0 Å². The fourth-order valence-electron chi connectivity index (χ4n) is 3.06. The SMILES string of the molecule is C=C(C#N)/C=C(\C)c1ccnc(Nc2ccc(N3CCN(C)CC3)c(OC)n2)n1. The van der Waals surface area contributed by atoms with E-state index in [1.54, 1.807) is 25.4 Å². The molecule has 0 amide bonds. The second-order valence-corrected chi connectivity index (χ2v) is 6.87. The topological polar surface area (TPSA) is 90.2 Å². The molecule has 2 aromatic heterocycles. The average molecular weight is 391 g/mol. The molecule has 0 unspecified atom stereocenters. The smallest absolute Gasteiger partial charge is 0.239 e. The summed E-state index contributed by atoms with van der Waals surface area (Å²) in [5, 5.41) is 12.0. The van der Waals surface area contributed by atoms with Crippen LogP contribution >= 0.6 is 0 Å². The van der Waals surface area contributed by atoms with Crippen LogP contribution in [0.2, 0.25) is 0 Å². The van der Waals surface area contributed by atoms with Crippen LogP contribution in [0.3, 0.4) is 0 Å². The van der Waals surface area contributed by atoms with E-state index >= 15 is 0 Å². The molecule has 3 heterocycles. The van der Waals surface area contributed by atoms with Gasteiger partial charge in [0.1, 0.15) is 11.5 Å². The molecule has 1 saturated heterocycles. The van der Waals surface area contributed by atoms with Crippen molar-refractivity contribution in [3.8, 4) is 11.9 Å². The zero-order valence-electron chi connectivity index (χ0n) is 17.0. The van der Waals surface area contributed by atoms with Crippen LogP contribution in [-0.2, 0) is 0 Å². The van der Waals surface area contributed by atoms with E-state index in [1.807, 2.05) is 25.1 Å². The van der Waals surface area contributed by atoms with Gasteiger partial charge in [0.15, 0.2) is 0 Å². The summed E-state index contributed by atoms with van der Waals surface area (Å²) >= 11 is 0. The minimum atomic E-state index is 0.376. The van der Waals surface area contributed by atoms with Gasteiger partial charge in [0.05, 0.1) is 18.9 Å². The van der Waals surface area contributed by atoms with E-state index in [4.69, 9.17) is 10.00 Å². The van der Waals surface area contributed by atoms with Gasteiger partial charge in [0.2, 0.25) is 11.8 Å². The van der Waals surface area contributed by atoms with Crippen LogP contribution in [0, 0.1) is 11.3 Å². The van der Waals surface area contributed by atoms with E-state index in [0.717, 1.165) is 37.4 Å². The molecule has 1 fully saturated rings. The largest absolute Gasteiger partial charge is 0.479 e. The Morgan fingerprint density at radius 1 is 1.24 bits per heavy atom. The van der Waals surface area contributed by atoms with E-state index < -0.39 is 0 Å². The molecule has 1 aliphatic rings. The molecule has 8 nitrogen and oxygen atoms in total. The Labute approximate surface area is 171 Å². The number of piperazine rings is 1. The van der Waals surface area contributed by atoms with Crippen molar-refractivity contribution in [1.82, 2.24) is 19.9 Å². The Morgan fingerprint density at radius 2 is 2.00 bits per heavy atom. The van der Waals surface area contributed by atoms with Crippen LogP contribution in [-0.4, -0.2) is 60.2 Å². The van der Waals surface area contributed by atoms with Crippen molar-refractivity contribution < 1.29 is 4.74 Å². The molecule has 29 heavy (non-hydrogen) atoms. The number of ether oxygens (including phenoxy) is 1. The molecule has 0 saturated carbocycles. The number of pyridine rings is 1. The number of aromatic nitrogens is 3. The molecule has 1 aliphatic heterocycles. The summed E-state index contributed by atoms with van der Waals surface area (Å²) in [5.41, 5.74) is 2.90. The standard InChI is InChI=1S/C21H25N7O/c1-15(14-22)13-16(2)17-7-8-23-21(24-17)26-19-6-5-18(20(25-19)29-4)28-11-9-27(3)10-12-28/h5-8,13H,1,9-12H2,2-4H3,(H,23,24,25,26)/b16-13+. The zero-order chi connectivity index (χ0) is 20.8. The minimum absolute atomic E-state index is 0.376. The lowest BCUT2D eigenvalue weighted by Gasteiger charge is -2.34. The maximum absolute atomic E-state index is 8.89. The van der Waals surface area contributed by atoms with Gasteiger partial charge in [-0.25, -0.2) is 9.97 Å². The number of anilines is 3. The van der Waals surface area contributed by atoms with Crippen LogP contribution < -0.4 is 15.0 Å². The first-order chi connectivity index (χ1) is 14.0. The van der Waals surface area contributed by atoms with Gasteiger partial charge >= 0.3 is 0 Å². The second-order valence-electron chi connectivity index (χ2n) is 6.87. The number of rotatable bonds is 6. The van der Waals surface area contributed by atoms with Crippen molar-refractivity contribution in [3.05, 3.63) is 48.3 Å². The molecule has 150 valence electrons.